The Hall–Kier alpha value is -1.94. The van der Waals surface area contributed by atoms with Crippen LogP contribution in [-0.2, 0) is 4.79 Å². The number of nitrogens with one attached hydrogen (secondary N) is 1. The van der Waals surface area contributed by atoms with Crippen LogP contribution in [0.4, 0.5) is 5.69 Å². The first-order valence-corrected chi connectivity index (χ1v) is 5.42. The highest BCUT2D eigenvalue weighted by atomic mass is 16.2. The van der Waals surface area contributed by atoms with Gasteiger partial charge in [-0.2, -0.15) is 0 Å². The lowest BCUT2D eigenvalue weighted by molar-refractivity contribution is -0.120. The number of fused-ring (bicyclic) bond motifs is 1. The Kier molecular flexibility index (Phi) is 2.81. The summed E-state index contributed by atoms with van der Waals surface area (Å²) < 4.78 is 0. The second kappa shape index (κ2) is 4.14. The van der Waals surface area contributed by atoms with Gasteiger partial charge in [-0.15, -0.1) is 0 Å². The van der Waals surface area contributed by atoms with Gasteiger partial charge in [0.2, 0.25) is 5.91 Å². The molecule has 1 heterocycles. The van der Waals surface area contributed by atoms with Crippen LogP contribution in [0.15, 0.2) is 36.5 Å². The molecule has 0 saturated heterocycles. The third-order valence-electron chi connectivity index (χ3n) is 2.47. The van der Waals surface area contributed by atoms with Gasteiger partial charge in [0.25, 0.3) is 0 Å². The van der Waals surface area contributed by atoms with E-state index in [1.165, 1.54) is 0 Å². The van der Waals surface area contributed by atoms with E-state index < -0.39 is 5.54 Å². The Balaban J connectivity index is 2.40. The van der Waals surface area contributed by atoms with Gasteiger partial charge in [-0.25, -0.2) is 0 Å². The number of hydrogen-bond acceptors (Lipinski definition) is 3. The third-order valence-corrected chi connectivity index (χ3v) is 2.47. The molecule has 1 aromatic heterocycles. The SMILES string of the molecule is CC(C)(N)C(=O)Nc1cccc2cccnc12. The lowest BCUT2D eigenvalue weighted by Gasteiger charge is -2.18. The van der Waals surface area contributed by atoms with Gasteiger partial charge in [-0.3, -0.25) is 9.78 Å². The van der Waals surface area contributed by atoms with Crippen molar-refractivity contribution in [1.82, 2.24) is 4.98 Å². The fourth-order valence-electron chi connectivity index (χ4n) is 1.49. The molecule has 3 N–H and O–H groups in total. The molecule has 0 saturated carbocycles. The summed E-state index contributed by atoms with van der Waals surface area (Å²) in [5.74, 6) is -0.226. The van der Waals surface area contributed by atoms with E-state index in [1.54, 1.807) is 20.0 Å². The quantitative estimate of drug-likeness (QED) is 0.826. The zero-order valence-electron chi connectivity index (χ0n) is 9.90. The van der Waals surface area contributed by atoms with E-state index >= 15 is 0 Å². The minimum Gasteiger partial charge on any atom is -0.323 e. The molecule has 4 heteroatoms. The summed E-state index contributed by atoms with van der Waals surface area (Å²) in [4.78, 5) is 16.1. The van der Waals surface area contributed by atoms with Crippen molar-refractivity contribution in [2.24, 2.45) is 5.73 Å². The lowest BCUT2D eigenvalue weighted by Crippen LogP contribution is -2.45. The lowest BCUT2D eigenvalue weighted by atomic mass is 10.1. The highest BCUT2D eigenvalue weighted by Gasteiger charge is 2.22. The smallest absolute Gasteiger partial charge is 0.243 e. The molecule has 0 spiro atoms. The number of pyridine rings is 1. The second-order valence-corrected chi connectivity index (χ2v) is 4.56. The Morgan fingerprint density at radius 3 is 2.71 bits per heavy atom. The molecule has 0 bridgehead atoms. The summed E-state index contributed by atoms with van der Waals surface area (Å²) in [6.45, 7) is 3.34. The standard InChI is InChI=1S/C13H15N3O/c1-13(2,14)12(17)16-10-7-3-5-9-6-4-8-15-11(9)10/h3-8H,14H2,1-2H3,(H,16,17). The summed E-state index contributed by atoms with van der Waals surface area (Å²) in [6.07, 6.45) is 1.70. The minimum absolute atomic E-state index is 0.226. The van der Waals surface area contributed by atoms with Gasteiger partial charge in [-0.05, 0) is 26.0 Å². The van der Waals surface area contributed by atoms with Crippen LogP contribution < -0.4 is 11.1 Å². The maximum Gasteiger partial charge on any atom is 0.243 e. The molecule has 0 aliphatic carbocycles. The predicted molar refractivity (Wildman–Crippen MR) is 68.6 cm³/mol. The summed E-state index contributed by atoms with van der Waals surface area (Å²) in [5, 5.41) is 3.78. The maximum absolute atomic E-state index is 11.8. The van der Waals surface area contributed by atoms with E-state index in [1.807, 2.05) is 30.3 Å². The van der Waals surface area contributed by atoms with Crippen LogP contribution in [0.2, 0.25) is 0 Å². The molecule has 0 radical (unpaired) electrons. The van der Waals surface area contributed by atoms with Gasteiger partial charge in [0.1, 0.15) is 0 Å². The Labute approximate surface area is 99.8 Å². The molecule has 2 rings (SSSR count). The number of rotatable bonds is 2. The van der Waals surface area contributed by atoms with E-state index in [2.05, 4.69) is 10.3 Å². The monoisotopic (exact) mass is 229 g/mol. The molecule has 1 amide bonds. The molecule has 0 aliphatic heterocycles. The largest absolute Gasteiger partial charge is 0.323 e. The molecule has 2 aromatic rings. The first-order chi connectivity index (χ1) is 7.98. The average Bonchev–Trinajstić information content (AvgIpc) is 2.28. The van der Waals surface area contributed by atoms with Crippen molar-refractivity contribution < 1.29 is 4.79 Å². The Morgan fingerprint density at radius 2 is 2.00 bits per heavy atom. The van der Waals surface area contributed by atoms with Crippen LogP contribution in [0.3, 0.4) is 0 Å². The van der Waals surface area contributed by atoms with Crippen LogP contribution in [-0.4, -0.2) is 16.4 Å². The summed E-state index contributed by atoms with van der Waals surface area (Å²) in [6, 6.07) is 9.46. The van der Waals surface area contributed by atoms with Gasteiger partial charge in [0, 0.05) is 11.6 Å². The number of amides is 1. The van der Waals surface area contributed by atoms with Gasteiger partial charge in [-0.1, -0.05) is 18.2 Å². The number of aromatic nitrogens is 1. The number of carbonyl (C=O) groups excluding carboxylic acids is 1. The molecule has 0 aliphatic rings. The van der Waals surface area contributed by atoms with Crippen LogP contribution in [0.5, 0.6) is 0 Å². The van der Waals surface area contributed by atoms with E-state index in [0.29, 0.717) is 5.69 Å². The molecule has 1 aromatic carbocycles. The van der Waals surface area contributed by atoms with E-state index in [-0.39, 0.29) is 5.91 Å². The molecular formula is C13H15N3O. The Morgan fingerprint density at radius 1 is 1.29 bits per heavy atom. The number of hydrogen-bond donors (Lipinski definition) is 2. The molecular weight excluding hydrogens is 214 g/mol. The predicted octanol–water partition coefficient (Wildman–Crippen LogP) is 1.91. The first kappa shape index (κ1) is 11.5. The van der Waals surface area contributed by atoms with Crippen molar-refractivity contribution in [3.8, 4) is 0 Å². The van der Waals surface area contributed by atoms with Crippen molar-refractivity contribution in [2.75, 3.05) is 5.32 Å². The highest BCUT2D eigenvalue weighted by Crippen LogP contribution is 2.21. The molecule has 0 unspecified atom stereocenters. The zero-order chi connectivity index (χ0) is 12.5. The number of nitrogens with two attached hydrogens (primary N) is 1. The van der Waals surface area contributed by atoms with Crippen molar-refractivity contribution in [3.05, 3.63) is 36.5 Å². The van der Waals surface area contributed by atoms with Crippen LogP contribution in [0.1, 0.15) is 13.8 Å². The zero-order valence-corrected chi connectivity index (χ0v) is 9.90. The van der Waals surface area contributed by atoms with Crippen molar-refractivity contribution >= 4 is 22.5 Å². The summed E-state index contributed by atoms with van der Waals surface area (Å²) in [5.41, 5.74) is 6.29. The number of nitrogens with zero attached hydrogens (tertiary/aromatic N) is 1. The second-order valence-electron chi connectivity index (χ2n) is 4.56. The normalized spacial score (nSPS) is 11.5. The van der Waals surface area contributed by atoms with E-state index in [9.17, 15) is 4.79 Å². The van der Waals surface area contributed by atoms with Crippen LogP contribution >= 0.6 is 0 Å². The van der Waals surface area contributed by atoms with E-state index in [4.69, 9.17) is 5.73 Å². The van der Waals surface area contributed by atoms with Gasteiger partial charge in [0.05, 0.1) is 16.7 Å². The van der Waals surface area contributed by atoms with Crippen molar-refractivity contribution in [3.63, 3.8) is 0 Å². The van der Waals surface area contributed by atoms with Gasteiger partial charge >= 0.3 is 0 Å². The number of anilines is 1. The average molecular weight is 229 g/mol. The molecule has 0 fully saturated rings. The minimum atomic E-state index is -0.906. The fraction of sp³-hybridized carbons (Fsp3) is 0.231. The van der Waals surface area contributed by atoms with Crippen LogP contribution in [0.25, 0.3) is 10.9 Å². The van der Waals surface area contributed by atoms with Gasteiger partial charge in [0.15, 0.2) is 0 Å². The van der Waals surface area contributed by atoms with E-state index in [0.717, 1.165) is 10.9 Å². The fourth-order valence-corrected chi connectivity index (χ4v) is 1.49. The molecule has 4 nitrogen and oxygen atoms in total. The number of benzene rings is 1. The van der Waals surface area contributed by atoms with Crippen LogP contribution in [0, 0.1) is 0 Å². The summed E-state index contributed by atoms with van der Waals surface area (Å²) in [7, 11) is 0. The molecule has 17 heavy (non-hydrogen) atoms. The van der Waals surface area contributed by atoms with Crippen molar-refractivity contribution in [1.29, 1.82) is 0 Å². The maximum atomic E-state index is 11.8. The van der Waals surface area contributed by atoms with Crippen molar-refractivity contribution in [2.45, 2.75) is 19.4 Å². The van der Waals surface area contributed by atoms with Gasteiger partial charge < -0.3 is 11.1 Å². The molecule has 88 valence electrons. The molecule has 0 atom stereocenters. The third kappa shape index (κ3) is 2.42. The highest BCUT2D eigenvalue weighted by molar-refractivity contribution is 6.03. The first-order valence-electron chi connectivity index (χ1n) is 5.42. The number of para-hydroxylation sites is 1. The summed E-state index contributed by atoms with van der Waals surface area (Å²) >= 11 is 0. The topological polar surface area (TPSA) is 68.0 Å². The Bertz CT molecular complexity index is 553. The number of carbonyl (C=O) groups is 1.